The average Bonchev–Trinajstić information content (AvgIpc) is 3.70. The maximum absolute atomic E-state index is 14.1. The van der Waals surface area contributed by atoms with Crippen molar-refractivity contribution in [2.75, 3.05) is 13.2 Å². The fourth-order valence-electron chi connectivity index (χ4n) is 11.8. The van der Waals surface area contributed by atoms with Crippen LogP contribution in [0.1, 0.15) is 155 Å². The summed E-state index contributed by atoms with van der Waals surface area (Å²) in [5.74, 6) is 1.93. The molecule has 0 spiro atoms. The SMILES string of the molecule is CCOC1(C2CCCCCC2)NC2CCCC(C(=O)OC(C)OC(=O)OC3CCCCC3)C2N1CC1CCC(C2CCCCC2C2NNNN2)CC1. The summed E-state index contributed by atoms with van der Waals surface area (Å²) in [6.45, 7) is 5.34. The van der Waals surface area contributed by atoms with Gasteiger partial charge in [0.1, 0.15) is 6.10 Å². The Morgan fingerprint density at radius 2 is 1.38 bits per heavy atom. The molecule has 7 rings (SSSR count). The van der Waals surface area contributed by atoms with E-state index in [0.717, 1.165) is 76.2 Å². The Hall–Kier alpha value is -1.54. The van der Waals surface area contributed by atoms with Crippen LogP contribution in [0.25, 0.3) is 0 Å². The van der Waals surface area contributed by atoms with E-state index in [0.29, 0.717) is 24.4 Å². The lowest BCUT2D eigenvalue weighted by atomic mass is 9.65. The molecule has 5 N–H and O–H groups in total. The first-order valence-corrected chi connectivity index (χ1v) is 21.7. The topological polar surface area (TPSA) is 134 Å². The van der Waals surface area contributed by atoms with Crippen molar-refractivity contribution in [3.63, 3.8) is 0 Å². The molecule has 52 heavy (non-hydrogen) atoms. The molecule has 7 aliphatic rings. The first kappa shape index (κ1) is 38.7. The summed E-state index contributed by atoms with van der Waals surface area (Å²) < 4.78 is 24.0. The van der Waals surface area contributed by atoms with E-state index in [4.69, 9.17) is 18.9 Å². The van der Waals surface area contributed by atoms with Gasteiger partial charge in [0.25, 0.3) is 0 Å². The highest BCUT2D eigenvalue weighted by atomic mass is 16.8. The van der Waals surface area contributed by atoms with Gasteiger partial charge in [-0.3, -0.25) is 15.0 Å². The molecule has 12 heteroatoms. The number of rotatable bonds is 11. The second kappa shape index (κ2) is 18.4. The molecular weight excluding hydrogens is 660 g/mol. The van der Waals surface area contributed by atoms with Gasteiger partial charge in [0.15, 0.2) is 5.85 Å². The highest BCUT2D eigenvalue weighted by Crippen LogP contribution is 2.49. The quantitative estimate of drug-likeness (QED) is 0.0901. The normalized spacial score (nSPS) is 37.9. The Morgan fingerprint density at radius 1 is 0.731 bits per heavy atom. The maximum atomic E-state index is 14.1. The van der Waals surface area contributed by atoms with Gasteiger partial charge < -0.3 is 18.9 Å². The van der Waals surface area contributed by atoms with Crippen LogP contribution in [-0.2, 0) is 23.7 Å². The standard InChI is InChI=1S/C40H70N6O6/c1-3-49-40(30-14-7-4-5-8-15-30)41-35-21-13-20-34(38(47)50-27(2)51-39(48)52-31-16-9-6-10-17-31)36(35)46(40)26-28-22-24-29(25-23-28)32-18-11-12-19-33(32)37-42-44-45-43-37/h27-37,41-45H,3-26H2,1-2H3. The Bertz CT molecular complexity index is 1140. The molecule has 0 aromatic heterocycles. The molecule has 0 aromatic carbocycles. The molecule has 2 saturated heterocycles. The van der Waals surface area contributed by atoms with E-state index >= 15 is 0 Å². The van der Waals surface area contributed by atoms with Gasteiger partial charge in [0, 0.05) is 38.1 Å². The number of hydrazine groups is 3. The lowest BCUT2D eigenvalue weighted by Crippen LogP contribution is -2.62. The molecule has 5 aliphatic carbocycles. The van der Waals surface area contributed by atoms with Crippen molar-refractivity contribution in [1.29, 1.82) is 0 Å². The smallest absolute Gasteiger partial charge is 0.431 e. The lowest BCUT2D eigenvalue weighted by molar-refractivity contribution is -0.206. The predicted molar refractivity (Wildman–Crippen MR) is 198 cm³/mol. The number of nitrogens with zero attached hydrogens (tertiary/aromatic N) is 1. The third-order valence-corrected chi connectivity index (χ3v) is 14.2. The van der Waals surface area contributed by atoms with Crippen LogP contribution in [0, 0.1) is 35.5 Å². The Morgan fingerprint density at radius 3 is 2.10 bits per heavy atom. The molecule has 0 amide bonds. The zero-order valence-corrected chi connectivity index (χ0v) is 32.2. The summed E-state index contributed by atoms with van der Waals surface area (Å²) in [7, 11) is 0. The summed E-state index contributed by atoms with van der Waals surface area (Å²) in [6, 6.07) is 0.138. The van der Waals surface area contributed by atoms with Crippen LogP contribution in [0.2, 0.25) is 0 Å². The van der Waals surface area contributed by atoms with Gasteiger partial charge in [-0.25, -0.2) is 15.6 Å². The fourth-order valence-corrected chi connectivity index (χ4v) is 11.8. The van der Waals surface area contributed by atoms with Crippen LogP contribution in [0.3, 0.4) is 0 Å². The van der Waals surface area contributed by atoms with E-state index in [1.54, 1.807) is 6.92 Å². The van der Waals surface area contributed by atoms with Crippen LogP contribution in [0.4, 0.5) is 4.79 Å². The first-order chi connectivity index (χ1) is 25.4. The van der Waals surface area contributed by atoms with E-state index in [1.165, 1.54) is 83.5 Å². The number of carbonyl (C=O) groups excluding carboxylic acids is 2. The number of esters is 1. The monoisotopic (exact) mass is 731 g/mol. The lowest BCUT2D eigenvalue weighted by Gasteiger charge is -2.48. The van der Waals surface area contributed by atoms with Gasteiger partial charge in [-0.05, 0) is 120 Å². The number of fused-ring (bicyclic) bond motifs is 1. The fraction of sp³-hybridized carbons (Fsp3) is 0.950. The predicted octanol–water partition coefficient (Wildman–Crippen LogP) is 6.52. The van der Waals surface area contributed by atoms with Gasteiger partial charge >= 0.3 is 12.1 Å². The number of carbonyl (C=O) groups is 2. The van der Waals surface area contributed by atoms with E-state index in [-0.39, 0.29) is 36.2 Å². The summed E-state index contributed by atoms with van der Waals surface area (Å²) in [4.78, 5) is 29.4. The highest BCUT2D eigenvalue weighted by Gasteiger charge is 2.60. The van der Waals surface area contributed by atoms with E-state index in [2.05, 4.69) is 39.1 Å². The van der Waals surface area contributed by atoms with Crippen LogP contribution < -0.4 is 27.2 Å². The van der Waals surface area contributed by atoms with Crippen molar-refractivity contribution in [3.05, 3.63) is 0 Å². The van der Waals surface area contributed by atoms with Gasteiger partial charge in [0.2, 0.25) is 6.29 Å². The van der Waals surface area contributed by atoms with Crippen LogP contribution in [0.15, 0.2) is 0 Å². The van der Waals surface area contributed by atoms with Gasteiger partial charge in [-0.1, -0.05) is 51.4 Å². The second-order valence-electron chi connectivity index (χ2n) is 17.4. The van der Waals surface area contributed by atoms with E-state index < -0.39 is 18.3 Å². The summed E-state index contributed by atoms with van der Waals surface area (Å²) in [6.07, 6.45) is 23.8. The minimum atomic E-state index is -0.995. The first-order valence-electron chi connectivity index (χ1n) is 21.7. The molecule has 12 nitrogen and oxygen atoms in total. The third kappa shape index (κ3) is 8.95. The number of nitrogens with one attached hydrogen (secondary N) is 5. The summed E-state index contributed by atoms with van der Waals surface area (Å²) in [5.41, 5.74) is 13.0. The van der Waals surface area contributed by atoms with Crippen molar-refractivity contribution in [3.8, 4) is 0 Å². The van der Waals surface area contributed by atoms with Crippen molar-refractivity contribution < 1.29 is 28.5 Å². The number of hydrogen-bond donors (Lipinski definition) is 5. The van der Waals surface area contributed by atoms with Crippen molar-refractivity contribution in [2.45, 2.75) is 192 Å². The Kier molecular flexibility index (Phi) is 13.7. The Balaban J connectivity index is 1.05. The van der Waals surface area contributed by atoms with Crippen LogP contribution in [0.5, 0.6) is 0 Å². The maximum Gasteiger partial charge on any atom is 0.511 e. The summed E-state index contributed by atoms with van der Waals surface area (Å²) >= 11 is 0. The minimum absolute atomic E-state index is 0.0163. The van der Waals surface area contributed by atoms with Crippen molar-refractivity contribution >= 4 is 12.1 Å². The van der Waals surface area contributed by atoms with Crippen LogP contribution >= 0.6 is 0 Å². The number of hydrogen-bond acceptors (Lipinski definition) is 12. The molecule has 7 fully saturated rings. The molecule has 2 heterocycles. The van der Waals surface area contributed by atoms with Gasteiger partial charge in [-0.2, -0.15) is 11.1 Å². The van der Waals surface area contributed by atoms with Crippen LogP contribution in [-0.4, -0.2) is 66.7 Å². The third-order valence-electron chi connectivity index (χ3n) is 14.2. The molecular formula is C40H70N6O6. The summed E-state index contributed by atoms with van der Waals surface area (Å²) in [5, 5.41) is 4.12. The van der Waals surface area contributed by atoms with Crippen molar-refractivity contribution in [1.82, 2.24) is 32.1 Å². The average molecular weight is 731 g/mol. The largest absolute Gasteiger partial charge is 0.511 e. The highest BCUT2D eigenvalue weighted by molar-refractivity contribution is 5.74. The van der Waals surface area contributed by atoms with Gasteiger partial charge in [0.05, 0.1) is 12.1 Å². The Labute approximate surface area is 312 Å². The van der Waals surface area contributed by atoms with E-state index in [1.807, 2.05) is 0 Å². The molecule has 296 valence electrons. The molecule has 7 atom stereocenters. The molecule has 0 aromatic rings. The molecule has 0 bridgehead atoms. The zero-order valence-electron chi connectivity index (χ0n) is 32.2. The molecule has 7 unspecified atom stereocenters. The zero-order chi connectivity index (χ0) is 35.9. The second-order valence-corrected chi connectivity index (χ2v) is 17.4. The number of ether oxygens (including phenoxy) is 4. The molecule has 5 saturated carbocycles. The van der Waals surface area contributed by atoms with Crippen molar-refractivity contribution in [2.24, 2.45) is 35.5 Å². The molecule has 2 aliphatic heterocycles. The van der Waals surface area contributed by atoms with E-state index in [9.17, 15) is 9.59 Å². The molecule has 0 radical (unpaired) electrons. The van der Waals surface area contributed by atoms with Gasteiger partial charge in [-0.15, -0.1) is 0 Å². The minimum Gasteiger partial charge on any atom is -0.431 e.